The van der Waals surface area contributed by atoms with Gasteiger partial charge in [-0.05, 0) is 37.3 Å². The minimum Gasteiger partial charge on any atom is -0.325 e. The molecule has 1 aromatic heterocycles. The fourth-order valence-corrected chi connectivity index (χ4v) is 3.69. The van der Waals surface area contributed by atoms with E-state index in [0.717, 1.165) is 5.56 Å². The van der Waals surface area contributed by atoms with Gasteiger partial charge < -0.3 is 9.88 Å². The molecule has 0 fully saturated rings. The predicted octanol–water partition coefficient (Wildman–Crippen LogP) is 4.78. The number of benzene rings is 2. The molecule has 0 saturated heterocycles. The molecule has 0 saturated carbocycles. The molecule has 1 N–H and O–H groups in total. The molecular formula is C19H15Cl2N5OS. The van der Waals surface area contributed by atoms with Crippen molar-refractivity contribution in [2.24, 2.45) is 7.05 Å². The summed E-state index contributed by atoms with van der Waals surface area (Å²) in [7, 11) is 1.83. The van der Waals surface area contributed by atoms with E-state index >= 15 is 0 Å². The Balaban J connectivity index is 1.72. The quantitative estimate of drug-likeness (QED) is 0.587. The number of carbonyl (C=O) groups is 1. The third-order valence-electron chi connectivity index (χ3n) is 3.96. The Morgan fingerprint density at radius 3 is 2.64 bits per heavy atom. The van der Waals surface area contributed by atoms with Crippen molar-refractivity contribution in [1.82, 2.24) is 14.8 Å². The summed E-state index contributed by atoms with van der Waals surface area (Å²) in [6.07, 6.45) is 0. The van der Waals surface area contributed by atoms with E-state index in [9.17, 15) is 4.79 Å². The van der Waals surface area contributed by atoms with Crippen LogP contribution < -0.4 is 5.32 Å². The summed E-state index contributed by atoms with van der Waals surface area (Å²) in [6.45, 7) is 1.77. The van der Waals surface area contributed by atoms with Crippen LogP contribution in [-0.2, 0) is 11.8 Å². The Bertz CT molecular complexity index is 1080. The second-order valence-electron chi connectivity index (χ2n) is 5.90. The lowest BCUT2D eigenvalue weighted by atomic mass is 10.2. The Morgan fingerprint density at radius 2 is 1.96 bits per heavy atom. The Morgan fingerprint density at radius 1 is 1.21 bits per heavy atom. The topological polar surface area (TPSA) is 83.6 Å². The highest BCUT2D eigenvalue weighted by atomic mass is 35.5. The van der Waals surface area contributed by atoms with Crippen molar-refractivity contribution in [3.05, 3.63) is 58.1 Å². The van der Waals surface area contributed by atoms with Crippen molar-refractivity contribution in [3.8, 4) is 17.5 Å². The molecule has 0 radical (unpaired) electrons. The number of hydrogen-bond donors (Lipinski definition) is 1. The lowest BCUT2D eigenvalue weighted by molar-refractivity contribution is -0.115. The van der Waals surface area contributed by atoms with E-state index in [-0.39, 0.29) is 5.91 Å². The summed E-state index contributed by atoms with van der Waals surface area (Å²) >= 11 is 13.5. The van der Waals surface area contributed by atoms with Gasteiger partial charge in [0.25, 0.3) is 0 Å². The molecule has 0 aliphatic rings. The number of carbonyl (C=O) groups excluding carboxylic acids is 1. The average molecular weight is 432 g/mol. The molecule has 9 heteroatoms. The maximum Gasteiger partial charge on any atom is 0.237 e. The van der Waals surface area contributed by atoms with Gasteiger partial charge in [-0.15, -0.1) is 10.2 Å². The highest BCUT2D eigenvalue weighted by Gasteiger charge is 2.20. The largest absolute Gasteiger partial charge is 0.325 e. The Labute approximate surface area is 176 Å². The van der Waals surface area contributed by atoms with Crippen LogP contribution in [0.15, 0.2) is 47.6 Å². The number of amides is 1. The van der Waals surface area contributed by atoms with Gasteiger partial charge in [-0.25, -0.2) is 0 Å². The number of nitriles is 1. The van der Waals surface area contributed by atoms with Gasteiger partial charge in [0.1, 0.15) is 6.07 Å². The molecule has 1 unspecified atom stereocenters. The molecule has 0 bridgehead atoms. The van der Waals surface area contributed by atoms with Gasteiger partial charge in [-0.3, -0.25) is 4.79 Å². The van der Waals surface area contributed by atoms with Crippen molar-refractivity contribution in [2.45, 2.75) is 17.3 Å². The van der Waals surface area contributed by atoms with Crippen molar-refractivity contribution < 1.29 is 4.79 Å². The number of thioether (sulfide) groups is 1. The summed E-state index contributed by atoms with van der Waals surface area (Å²) in [4.78, 5) is 12.5. The lowest BCUT2D eigenvalue weighted by Crippen LogP contribution is -2.22. The van der Waals surface area contributed by atoms with Gasteiger partial charge in [0.2, 0.25) is 5.91 Å². The summed E-state index contributed by atoms with van der Waals surface area (Å²) in [5.74, 6) is 0.410. The molecule has 0 aliphatic carbocycles. The fourth-order valence-electron chi connectivity index (χ4n) is 2.43. The molecule has 2 aromatic carbocycles. The van der Waals surface area contributed by atoms with E-state index in [0.29, 0.717) is 32.3 Å². The van der Waals surface area contributed by atoms with Gasteiger partial charge in [-0.1, -0.05) is 47.1 Å². The van der Waals surface area contributed by atoms with Gasteiger partial charge in [-0.2, -0.15) is 5.26 Å². The van der Waals surface area contributed by atoms with Crippen LogP contribution in [0.5, 0.6) is 0 Å². The maximum atomic E-state index is 12.5. The maximum absolute atomic E-state index is 12.5. The number of anilines is 1. The SMILES string of the molecule is CC(Sc1nnc(-c2ccccc2Cl)n1C)C(=O)Nc1ccc(C#N)c(Cl)c1. The third kappa shape index (κ3) is 4.30. The first-order valence-electron chi connectivity index (χ1n) is 8.22. The molecule has 0 spiro atoms. The number of halogens is 2. The van der Waals surface area contributed by atoms with Crippen LogP contribution in [0, 0.1) is 11.3 Å². The number of hydrogen-bond acceptors (Lipinski definition) is 5. The molecule has 3 rings (SSSR count). The molecule has 142 valence electrons. The Kier molecular flexibility index (Phi) is 6.25. The van der Waals surface area contributed by atoms with Crippen LogP contribution in [0.3, 0.4) is 0 Å². The summed E-state index contributed by atoms with van der Waals surface area (Å²) < 4.78 is 1.80. The van der Waals surface area contributed by atoms with Gasteiger partial charge in [0.15, 0.2) is 11.0 Å². The number of nitrogens with zero attached hydrogens (tertiary/aromatic N) is 4. The fraction of sp³-hybridized carbons (Fsp3) is 0.158. The molecule has 1 heterocycles. The predicted molar refractivity (Wildman–Crippen MR) is 112 cm³/mol. The smallest absolute Gasteiger partial charge is 0.237 e. The zero-order chi connectivity index (χ0) is 20.3. The minimum absolute atomic E-state index is 0.215. The van der Waals surface area contributed by atoms with E-state index in [1.165, 1.54) is 11.8 Å². The van der Waals surface area contributed by atoms with Crippen LogP contribution in [-0.4, -0.2) is 25.9 Å². The van der Waals surface area contributed by atoms with Crippen molar-refractivity contribution in [1.29, 1.82) is 5.26 Å². The van der Waals surface area contributed by atoms with Crippen molar-refractivity contribution in [2.75, 3.05) is 5.32 Å². The molecule has 28 heavy (non-hydrogen) atoms. The number of rotatable bonds is 5. The van der Waals surface area contributed by atoms with Gasteiger partial charge in [0, 0.05) is 18.3 Å². The van der Waals surface area contributed by atoms with Crippen LogP contribution in [0.2, 0.25) is 10.0 Å². The standard InChI is InChI=1S/C19H15Cl2N5OS/c1-11(18(27)23-13-8-7-12(10-22)16(21)9-13)28-19-25-24-17(26(19)2)14-5-3-4-6-15(14)20/h3-9,11H,1-2H3,(H,23,27). The van der Waals surface area contributed by atoms with Crippen molar-refractivity contribution in [3.63, 3.8) is 0 Å². The zero-order valence-electron chi connectivity index (χ0n) is 15.0. The first-order valence-corrected chi connectivity index (χ1v) is 9.85. The summed E-state index contributed by atoms with van der Waals surface area (Å²) in [5.41, 5.74) is 1.65. The molecule has 0 aliphatic heterocycles. The van der Waals surface area contributed by atoms with Crippen LogP contribution >= 0.6 is 35.0 Å². The molecule has 6 nitrogen and oxygen atoms in total. The van der Waals surface area contributed by atoms with E-state index in [2.05, 4.69) is 15.5 Å². The second kappa shape index (κ2) is 8.65. The van der Waals surface area contributed by atoms with Crippen LogP contribution in [0.4, 0.5) is 5.69 Å². The normalized spacial score (nSPS) is 11.7. The number of aromatic nitrogens is 3. The summed E-state index contributed by atoms with van der Waals surface area (Å²) in [5, 5.41) is 21.1. The monoisotopic (exact) mass is 431 g/mol. The van der Waals surface area contributed by atoms with E-state index in [1.54, 1.807) is 35.8 Å². The van der Waals surface area contributed by atoms with E-state index < -0.39 is 5.25 Å². The zero-order valence-corrected chi connectivity index (χ0v) is 17.3. The van der Waals surface area contributed by atoms with Crippen LogP contribution in [0.1, 0.15) is 12.5 Å². The number of nitrogens with one attached hydrogen (secondary N) is 1. The molecule has 1 amide bonds. The van der Waals surface area contributed by atoms with E-state index in [4.69, 9.17) is 28.5 Å². The third-order valence-corrected chi connectivity index (χ3v) is 5.73. The summed E-state index contributed by atoms with van der Waals surface area (Å²) in [6, 6.07) is 14.1. The van der Waals surface area contributed by atoms with E-state index in [1.807, 2.05) is 31.3 Å². The first kappa shape index (κ1) is 20.2. The Hall–Kier alpha value is -2.53. The highest BCUT2D eigenvalue weighted by Crippen LogP contribution is 2.30. The van der Waals surface area contributed by atoms with Crippen LogP contribution in [0.25, 0.3) is 11.4 Å². The highest BCUT2D eigenvalue weighted by molar-refractivity contribution is 8.00. The average Bonchev–Trinajstić information content (AvgIpc) is 3.02. The molecule has 1 atom stereocenters. The minimum atomic E-state index is -0.434. The first-order chi connectivity index (χ1) is 13.4. The lowest BCUT2D eigenvalue weighted by Gasteiger charge is -2.12. The van der Waals surface area contributed by atoms with Crippen molar-refractivity contribution >= 4 is 46.6 Å². The van der Waals surface area contributed by atoms with Gasteiger partial charge in [0.05, 0.1) is 20.9 Å². The molecule has 3 aromatic rings. The second-order valence-corrected chi connectivity index (χ2v) is 8.02. The van der Waals surface area contributed by atoms with Gasteiger partial charge >= 0.3 is 0 Å². The molecular weight excluding hydrogens is 417 g/mol.